The van der Waals surface area contributed by atoms with Gasteiger partial charge in [0.25, 0.3) is 0 Å². The topological polar surface area (TPSA) is 59.8 Å². The van der Waals surface area contributed by atoms with Crippen molar-refractivity contribution in [3.05, 3.63) is 0 Å². The Kier molecular flexibility index (Phi) is 7.28. The molecule has 6 nitrogen and oxygen atoms in total. The number of likely N-dealkylation sites (tertiary alicyclic amines) is 1. The van der Waals surface area contributed by atoms with Crippen molar-refractivity contribution in [3.8, 4) is 6.07 Å². The second-order valence-electron chi connectivity index (χ2n) is 6.68. The van der Waals surface area contributed by atoms with Gasteiger partial charge in [-0.3, -0.25) is 14.6 Å². The van der Waals surface area contributed by atoms with Crippen LogP contribution in [0.1, 0.15) is 33.1 Å². The van der Waals surface area contributed by atoms with Gasteiger partial charge in [-0.1, -0.05) is 0 Å². The van der Waals surface area contributed by atoms with Gasteiger partial charge in [-0.15, -0.1) is 0 Å². The monoisotopic (exact) mass is 322 g/mol. The van der Waals surface area contributed by atoms with Crippen molar-refractivity contribution in [3.63, 3.8) is 0 Å². The summed E-state index contributed by atoms with van der Waals surface area (Å²) in [6.07, 6.45) is 2.44. The van der Waals surface area contributed by atoms with Crippen LogP contribution < -0.4 is 0 Å². The molecule has 0 aliphatic carbocycles. The molecule has 0 spiro atoms. The molecule has 2 fully saturated rings. The van der Waals surface area contributed by atoms with E-state index >= 15 is 0 Å². The van der Waals surface area contributed by atoms with E-state index in [0.717, 1.165) is 58.8 Å². The van der Waals surface area contributed by atoms with Gasteiger partial charge in [-0.2, -0.15) is 5.26 Å². The highest BCUT2D eigenvalue weighted by Gasteiger charge is 2.34. The molecule has 6 heteroatoms. The van der Waals surface area contributed by atoms with Crippen LogP contribution in [-0.4, -0.2) is 85.2 Å². The second-order valence-corrected chi connectivity index (χ2v) is 6.68. The normalized spacial score (nSPS) is 23.5. The lowest BCUT2D eigenvalue weighted by Gasteiger charge is -2.41. The van der Waals surface area contributed by atoms with Crippen molar-refractivity contribution in [2.75, 3.05) is 52.5 Å². The van der Waals surface area contributed by atoms with Gasteiger partial charge in [0.15, 0.2) is 0 Å². The molecular weight excluding hydrogens is 292 g/mol. The molecule has 0 aromatic rings. The van der Waals surface area contributed by atoms with Crippen LogP contribution in [0, 0.1) is 11.3 Å². The Morgan fingerprint density at radius 2 is 2.04 bits per heavy atom. The highest BCUT2D eigenvalue weighted by Crippen LogP contribution is 2.20. The van der Waals surface area contributed by atoms with E-state index in [2.05, 4.69) is 29.7 Å². The van der Waals surface area contributed by atoms with Crippen LogP contribution in [0.4, 0.5) is 0 Å². The van der Waals surface area contributed by atoms with Crippen molar-refractivity contribution < 1.29 is 9.53 Å². The summed E-state index contributed by atoms with van der Waals surface area (Å²) in [6.45, 7) is 11.0. The largest absolute Gasteiger partial charge is 0.379 e. The third-order valence-electron chi connectivity index (χ3n) is 4.83. The summed E-state index contributed by atoms with van der Waals surface area (Å²) in [7, 11) is 0. The zero-order valence-corrected chi connectivity index (χ0v) is 14.5. The first-order valence-corrected chi connectivity index (χ1v) is 8.85. The molecular formula is C17H30N4O2. The smallest absolute Gasteiger partial charge is 0.240 e. The summed E-state index contributed by atoms with van der Waals surface area (Å²) in [5.41, 5.74) is 0. The Hall–Kier alpha value is -1.16. The molecule has 2 rings (SSSR count). The summed E-state index contributed by atoms with van der Waals surface area (Å²) < 4.78 is 5.39. The average Bonchev–Trinajstić information content (AvgIpc) is 2.56. The SMILES string of the molecule is CC(C)N1CCCC(N(CCC#N)CCN2CCOCC2)C1=O. The molecule has 0 saturated carbocycles. The van der Waals surface area contributed by atoms with Crippen LogP contribution in [0.15, 0.2) is 0 Å². The fourth-order valence-electron chi connectivity index (χ4n) is 3.44. The van der Waals surface area contributed by atoms with Crippen LogP contribution in [0.25, 0.3) is 0 Å². The number of rotatable bonds is 7. The molecule has 0 N–H and O–H groups in total. The van der Waals surface area contributed by atoms with Crippen LogP contribution >= 0.6 is 0 Å². The van der Waals surface area contributed by atoms with Crippen molar-refractivity contribution in [1.82, 2.24) is 14.7 Å². The van der Waals surface area contributed by atoms with Gasteiger partial charge in [0.1, 0.15) is 0 Å². The minimum atomic E-state index is -0.0551. The zero-order chi connectivity index (χ0) is 16.7. The van der Waals surface area contributed by atoms with Gasteiger partial charge in [0.05, 0.1) is 25.3 Å². The molecule has 130 valence electrons. The second kappa shape index (κ2) is 9.21. The lowest BCUT2D eigenvalue weighted by molar-refractivity contribution is -0.142. The Labute approximate surface area is 140 Å². The molecule has 23 heavy (non-hydrogen) atoms. The van der Waals surface area contributed by atoms with Crippen molar-refractivity contribution in [2.24, 2.45) is 0 Å². The van der Waals surface area contributed by atoms with E-state index in [0.29, 0.717) is 13.0 Å². The third-order valence-corrected chi connectivity index (χ3v) is 4.83. The van der Waals surface area contributed by atoms with Crippen LogP contribution in [-0.2, 0) is 9.53 Å². The zero-order valence-electron chi connectivity index (χ0n) is 14.5. The number of piperidine rings is 1. The number of amides is 1. The van der Waals surface area contributed by atoms with Crippen LogP contribution in [0.5, 0.6) is 0 Å². The Morgan fingerprint density at radius 3 is 2.70 bits per heavy atom. The molecule has 2 saturated heterocycles. The Balaban J connectivity index is 1.95. The average molecular weight is 322 g/mol. The number of ether oxygens (including phenoxy) is 1. The van der Waals surface area contributed by atoms with E-state index in [1.807, 2.05) is 4.90 Å². The summed E-state index contributed by atoms with van der Waals surface area (Å²) in [5.74, 6) is 0.242. The Morgan fingerprint density at radius 1 is 1.30 bits per heavy atom. The summed E-state index contributed by atoms with van der Waals surface area (Å²) in [6, 6.07) is 2.42. The van der Waals surface area contributed by atoms with Crippen LogP contribution in [0.2, 0.25) is 0 Å². The van der Waals surface area contributed by atoms with Crippen molar-refractivity contribution in [2.45, 2.75) is 45.2 Å². The number of nitriles is 1. The van der Waals surface area contributed by atoms with Gasteiger partial charge in [0, 0.05) is 51.7 Å². The predicted octanol–water partition coefficient (Wildman–Crippen LogP) is 0.934. The first-order valence-electron chi connectivity index (χ1n) is 8.85. The van der Waals surface area contributed by atoms with Gasteiger partial charge in [0.2, 0.25) is 5.91 Å². The molecule has 2 aliphatic rings. The number of morpholine rings is 1. The number of hydrogen-bond acceptors (Lipinski definition) is 5. The quantitative estimate of drug-likeness (QED) is 0.698. The first kappa shape index (κ1) is 18.2. The fourth-order valence-corrected chi connectivity index (χ4v) is 3.44. The van der Waals surface area contributed by atoms with Crippen molar-refractivity contribution in [1.29, 1.82) is 5.26 Å². The predicted molar refractivity (Wildman–Crippen MR) is 88.9 cm³/mol. The first-order chi connectivity index (χ1) is 11.1. The van der Waals surface area contributed by atoms with E-state index in [4.69, 9.17) is 10.00 Å². The van der Waals surface area contributed by atoms with E-state index < -0.39 is 0 Å². The molecule has 2 aliphatic heterocycles. The number of nitrogens with zero attached hydrogens (tertiary/aromatic N) is 4. The summed E-state index contributed by atoms with van der Waals surface area (Å²) in [5, 5.41) is 8.94. The van der Waals surface area contributed by atoms with Gasteiger partial charge >= 0.3 is 0 Å². The number of carbonyl (C=O) groups excluding carboxylic acids is 1. The van der Waals surface area contributed by atoms with Gasteiger partial charge in [-0.25, -0.2) is 0 Å². The molecule has 0 radical (unpaired) electrons. The molecule has 1 amide bonds. The van der Waals surface area contributed by atoms with Gasteiger partial charge in [-0.05, 0) is 26.7 Å². The van der Waals surface area contributed by atoms with E-state index in [1.165, 1.54) is 0 Å². The Bertz CT molecular complexity index is 415. The van der Waals surface area contributed by atoms with E-state index in [1.54, 1.807) is 0 Å². The standard InChI is InChI=1S/C17H30N4O2/c1-15(2)21-8-3-5-16(17(21)22)20(7-4-6-18)10-9-19-11-13-23-14-12-19/h15-16H,3-5,7-14H2,1-2H3. The highest BCUT2D eigenvalue weighted by atomic mass is 16.5. The third kappa shape index (κ3) is 5.17. The van der Waals surface area contributed by atoms with E-state index in [-0.39, 0.29) is 18.0 Å². The maximum Gasteiger partial charge on any atom is 0.240 e. The molecule has 1 atom stereocenters. The maximum atomic E-state index is 12.8. The molecule has 0 aromatic heterocycles. The minimum absolute atomic E-state index is 0.0551. The lowest BCUT2D eigenvalue weighted by atomic mass is 10.0. The van der Waals surface area contributed by atoms with Gasteiger partial charge < -0.3 is 9.64 Å². The molecule has 0 aromatic carbocycles. The maximum absolute atomic E-state index is 12.8. The molecule has 0 bridgehead atoms. The van der Waals surface area contributed by atoms with Crippen LogP contribution in [0.3, 0.4) is 0 Å². The summed E-state index contributed by atoms with van der Waals surface area (Å²) in [4.78, 5) is 19.4. The van der Waals surface area contributed by atoms with E-state index in [9.17, 15) is 4.79 Å². The molecule has 2 heterocycles. The fraction of sp³-hybridized carbons (Fsp3) is 0.882. The lowest BCUT2D eigenvalue weighted by Crippen LogP contribution is -2.55. The summed E-state index contributed by atoms with van der Waals surface area (Å²) >= 11 is 0. The minimum Gasteiger partial charge on any atom is -0.379 e. The molecule has 1 unspecified atom stereocenters. The van der Waals surface area contributed by atoms with Crippen molar-refractivity contribution >= 4 is 5.91 Å². The number of hydrogen-bond donors (Lipinski definition) is 0. The highest BCUT2D eigenvalue weighted by molar-refractivity contribution is 5.82. The number of carbonyl (C=O) groups is 1.